The summed E-state index contributed by atoms with van der Waals surface area (Å²) in [6.07, 6.45) is 1.09. The van der Waals surface area contributed by atoms with Crippen LogP contribution in [0.25, 0.3) is 0 Å². The largest absolute Gasteiger partial charge is 0.285 e. The van der Waals surface area contributed by atoms with Gasteiger partial charge in [0.05, 0.1) is 5.92 Å². The summed E-state index contributed by atoms with van der Waals surface area (Å²) < 4.78 is 0. The van der Waals surface area contributed by atoms with E-state index in [2.05, 4.69) is 0 Å². The molecule has 1 fully saturated rings. The predicted octanol–water partition coefficient (Wildman–Crippen LogP) is 2.88. The van der Waals surface area contributed by atoms with Gasteiger partial charge in [0.15, 0.2) is 0 Å². The molecule has 0 radical (unpaired) electrons. The first-order valence-corrected chi connectivity index (χ1v) is 6.46. The molecule has 1 atom stereocenters. The zero-order chi connectivity index (χ0) is 13.7. The second-order valence-corrected chi connectivity index (χ2v) is 4.29. The number of hydrogen-bond acceptors (Lipinski definition) is 2. The highest BCUT2D eigenvalue weighted by Crippen LogP contribution is 2.28. The van der Waals surface area contributed by atoms with E-state index in [4.69, 9.17) is 0 Å². The smallest absolute Gasteiger partial charge is 0.236 e. The minimum absolute atomic E-state index is 0.0756. The highest BCUT2D eigenvalue weighted by atomic mass is 16.2. The molecule has 3 heteroatoms. The minimum atomic E-state index is -0.150. The van der Waals surface area contributed by atoms with Crippen LogP contribution in [0.1, 0.15) is 43.7 Å². The van der Waals surface area contributed by atoms with Gasteiger partial charge in [0.25, 0.3) is 0 Å². The number of hydrogen-bond donors (Lipinski definition) is 0. The Kier molecular flexibility index (Phi) is 5.08. The topological polar surface area (TPSA) is 37.4 Å². The fraction of sp³-hybridized carbons (Fsp3) is 0.467. The zero-order valence-electron chi connectivity index (χ0n) is 11.6. The van der Waals surface area contributed by atoms with E-state index in [0.29, 0.717) is 12.8 Å². The summed E-state index contributed by atoms with van der Waals surface area (Å²) in [6.45, 7) is 6.02. The van der Waals surface area contributed by atoms with Gasteiger partial charge in [0, 0.05) is 13.5 Å². The number of rotatable bonds is 1. The van der Waals surface area contributed by atoms with Gasteiger partial charge in [-0.1, -0.05) is 43.7 Å². The lowest BCUT2D eigenvalue weighted by Crippen LogP contribution is -2.41. The summed E-state index contributed by atoms with van der Waals surface area (Å²) in [5.41, 5.74) is 2.19. The van der Waals surface area contributed by atoms with Crippen molar-refractivity contribution in [3.8, 4) is 0 Å². The van der Waals surface area contributed by atoms with Crippen molar-refractivity contribution in [3.05, 3.63) is 35.4 Å². The molecule has 0 aromatic heterocycles. The van der Waals surface area contributed by atoms with Gasteiger partial charge < -0.3 is 0 Å². The summed E-state index contributed by atoms with van der Waals surface area (Å²) in [5.74, 6) is -0.309. The van der Waals surface area contributed by atoms with Crippen LogP contribution < -0.4 is 0 Å². The standard InChI is InChI=1S/C13H15NO2.C2H6/c1-9-3-5-10(6-4-9)11-7-8-12(15)14(2)13(11)16;1-2/h3-6,11H,7-8H2,1-2H3;1-2H3. The maximum absolute atomic E-state index is 11.9. The van der Waals surface area contributed by atoms with Crippen molar-refractivity contribution in [1.29, 1.82) is 0 Å². The molecular weight excluding hydrogens is 226 g/mol. The van der Waals surface area contributed by atoms with Crippen LogP contribution in [-0.2, 0) is 9.59 Å². The average molecular weight is 247 g/mol. The Balaban J connectivity index is 0.000000771. The molecule has 98 valence electrons. The van der Waals surface area contributed by atoms with Crippen LogP contribution in [0.4, 0.5) is 0 Å². The van der Waals surface area contributed by atoms with E-state index in [1.807, 2.05) is 45.0 Å². The second-order valence-electron chi connectivity index (χ2n) is 4.29. The lowest BCUT2D eigenvalue weighted by molar-refractivity contribution is -0.147. The van der Waals surface area contributed by atoms with Gasteiger partial charge in [-0.15, -0.1) is 0 Å². The first kappa shape index (κ1) is 14.4. The van der Waals surface area contributed by atoms with E-state index in [9.17, 15) is 9.59 Å². The molecule has 18 heavy (non-hydrogen) atoms. The van der Waals surface area contributed by atoms with E-state index in [1.54, 1.807) is 7.05 Å². The van der Waals surface area contributed by atoms with Crippen molar-refractivity contribution in [1.82, 2.24) is 4.90 Å². The lowest BCUT2D eigenvalue weighted by Gasteiger charge is -2.27. The van der Waals surface area contributed by atoms with Crippen molar-refractivity contribution >= 4 is 11.8 Å². The van der Waals surface area contributed by atoms with E-state index in [-0.39, 0.29) is 17.7 Å². The second kappa shape index (κ2) is 6.34. The fourth-order valence-corrected chi connectivity index (χ4v) is 2.02. The van der Waals surface area contributed by atoms with Gasteiger partial charge in [0.2, 0.25) is 11.8 Å². The first-order valence-electron chi connectivity index (χ1n) is 6.46. The Labute approximate surface area is 109 Å². The number of amides is 2. The molecule has 0 spiro atoms. The van der Waals surface area contributed by atoms with Crippen molar-refractivity contribution in [2.75, 3.05) is 7.05 Å². The number of piperidine rings is 1. The average Bonchev–Trinajstić information content (AvgIpc) is 2.40. The number of imide groups is 1. The number of likely N-dealkylation sites (N-methyl/N-ethyl adjacent to an activating group) is 1. The van der Waals surface area contributed by atoms with Crippen LogP contribution in [0.2, 0.25) is 0 Å². The number of benzene rings is 1. The number of likely N-dealkylation sites (tertiary alicyclic amines) is 1. The Morgan fingerprint density at radius 2 is 1.67 bits per heavy atom. The molecule has 0 aliphatic carbocycles. The fourth-order valence-electron chi connectivity index (χ4n) is 2.02. The van der Waals surface area contributed by atoms with Crippen molar-refractivity contribution in [2.24, 2.45) is 0 Å². The normalized spacial score (nSPS) is 19.3. The Bertz CT molecular complexity index is 423. The van der Waals surface area contributed by atoms with Gasteiger partial charge in [-0.05, 0) is 18.9 Å². The van der Waals surface area contributed by atoms with Crippen LogP contribution in [0.5, 0.6) is 0 Å². The molecule has 1 unspecified atom stereocenters. The molecule has 1 aliphatic heterocycles. The number of carbonyl (C=O) groups excluding carboxylic acids is 2. The summed E-state index contributed by atoms with van der Waals surface area (Å²) in [6, 6.07) is 7.95. The third-order valence-corrected chi connectivity index (χ3v) is 3.13. The predicted molar refractivity (Wildman–Crippen MR) is 72.3 cm³/mol. The summed E-state index contributed by atoms with van der Waals surface area (Å²) in [4.78, 5) is 24.5. The molecule has 1 saturated heterocycles. The van der Waals surface area contributed by atoms with Crippen molar-refractivity contribution < 1.29 is 9.59 Å². The molecule has 2 amide bonds. The van der Waals surface area contributed by atoms with Crippen LogP contribution in [-0.4, -0.2) is 23.8 Å². The van der Waals surface area contributed by atoms with Crippen LogP contribution in [0, 0.1) is 6.92 Å². The summed E-state index contributed by atoms with van der Waals surface area (Å²) in [5, 5.41) is 0. The molecule has 1 aromatic carbocycles. The van der Waals surface area contributed by atoms with E-state index in [1.165, 1.54) is 10.5 Å². The summed E-state index contributed by atoms with van der Waals surface area (Å²) in [7, 11) is 1.56. The lowest BCUT2D eigenvalue weighted by atomic mass is 9.89. The van der Waals surface area contributed by atoms with E-state index >= 15 is 0 Å². The molecule has 1 aromatic rings. The van der Waals surface area contributed by atoms with Crippen molar-refractivity contribution in [2.45, 2.75) is 39.5 Å². The zero-order valence-corrected chi connectivity index (χ0v) is 11.6. The molecular formula is C15H21NO2. The highest BCUT2D eigenvalue weighted by Gasteiger charge is 2.32. The van der Waals surface area contributed by atoms with Crippen LogP contribution in [0.3, 0.4) is 0 Å². The van der Waals surface area contributed by atoms with Gasteiger partial charge in [0.1, 0.15) is 0 Å². The van der Waals surface area contributed by atoms with Gasteiger partial charge >= 0.3 is 0 Å². The van der Waals surface area contributed by atoms with Crippen molar-refractivity contribution in [3.63, 3.8) is 0 Å². The monoisotopic (exact) mass is 247 g/mol. The van der Waals surface area contributed by atoms with Crippen LogP contribution >= 0.6 is 0 Å². The molecule has 1 aliphatic rings. The van der Waals surface area contributed by atoms with E-state index in [0.717, 1.165) is 5.56 Å². The number of nitrogens with zero attached hydrogens (tertiary/aromatic N) is 1. The summed E-state index contributed by atoms with van der Waals surface area (Å²) >= 11 is 0. The van der Waals surface area contributed by atoms with Crippen LogP contribution in [0.15, 0.2) is 24.3 Å². The quantitative estimate of drug-likeness (QED) is 0.716. The third-order valence-electron chi connectivity index (χ3n) is 3.13. The number of carbonyl (C=O) groups is 2. The Morgan fingerprint density at radius 1 is 1.11 bits per heavy atom. The number of aryl methyl sites for hydroxylation is 1. The van der Waals surface area contributed by atoms with Gasteiger partial charge in [-0.2, -0.15) is 0 Å². The maximum atomic E-state index is 11.9. The molecule has 0 saturated carbocycles. The minimum Gasteiger partial charge on any atom is -0.285 e. The first-order chi connectivity index (χ1) is 8.59. The van der Waals surface area contributed by atoms with Gasteiger partial charge in [-0.3, -0.25) is 14.5 Å². The Morgan fingerprint density at radius 3 is 2.22 bits per heavy atom. The van der Waals surface area contributed by atoms with Gasteiger partial charge in [-0.25, -0.2) is 0 Å². The highest BCUT2D eigenvalue weighted by molar-refractivity contribution is 6.00. The third kappa shape index (κ3) is 2.97. The Hall–Kier alpha value is -1.64. The molecule has 3 nitrogen and oxygen atoms in total. The molecule has 2 rings (SSSR count). The van der Waals surface area contributed by atoms with E-state index < -0.39 is 0 Å². The molecule has 1 heterocycles. The SMILES string of the molecule is CC.Cc1ccc(C2CCC(=O)N(C)C2=O)cc1. The maximum Gasteiger partial charge on any atom is 0.236 e. The molecule has 0 bridgehead atoms. The molecule has 0 N–H and O–H groups in total.